The van der Waals surface area contributed by atoms with E-state index in [1.54, 1.807) is 6.21 Å². The first-order chi connectivity index (χ1) is 20.0. The minimum absolute atomic E-state index is 0.376. The van der Waals surface area contributed by atoms with Crippen LogP contribution in [0.5, 0.6) is 0 Å². The number of aliphatic imine (C=N–C) groups is 1. The number of benzene rings is 3. The molecule has 0 aliphatic rings. The molecule has 0 N–H and O–H groups in total. The fourth-order valence-corrected chi connectivity index (χ4v) is 5.97. The van der Waals surface area contributed by atoms with Crippen molar-refractivity contribution < 1.29 is 13.6 Å². The van der Waals surface area contributed by atoms with Gasteiger partial charge in [0, 0.05) is 31.5 Å². The van der Waals surface area contributed by atoms with E-state index in [0.717, 1.165) is 24.2 Å². The quantitative estimate of drug-likeness (QED) is 0.0703. The van der Waals surface area contributed by atoms with Crippen molar-refractivity contribution in [2.75, 3.05) is 30.8 Å². The van der Waals surface area contributed by atoms with Crippen molar-refractivity contribution in [3.8, 4) is 0 Å². The molecule has 0 saturated carbocycles. The van der Waals surface area contributed by atoms with Gasteiger partial charge in [-0.3, -0.25) is 9.56 Å². The summed E-state index contributed by atoms with van der Waals surface area (Å²) in [4.78, 5) is 6.87. The molecule has 0 unspecified atom stereocenters. The van der Waals surface area contributed by atoms with Crippen LogP contribution in [0.3, 0.4) is 0 Å². The van der Waals surface area contributed by atoms with E-state index >= 15 is 0 Å². The van der Waals surface area contributed by atoms with Crippen molar-refractivity contribution in [3.63, 3.8) is 0 Å². The molecule has 216 valence electrons. The Labute approximate surface area is 246 Å². The van der Waals surface area contributed by atoms with Gasteiger partial charge in [-0.15, -0.1) is 0 Å². The molecule has 0 aliphatic carbocycles. The predicted molar refractivity (Wildman–Crippen MR) is 175 cm³/mol. The van der Waals surface area contributed by atoms with Crippen LogP contribution in [-0.4, -0.2) is 32.1 Å². The maximum atomic E-state index is 12.6. The first kappa shape index (κ1) is 32.0. The summed E-state index contributed by atoms with van der Waals surface area (Å²) in [7, 11) is -3.00. The van der Waals surface area contributed by atoms with E-state index in [1.165, 1.54) is 16.8 Å². The molecule has 0 atom stereocenters. The minimum atomic E-state index is -3.00. The highest BCUT2D eigenvalue weighted by Gasteiger charge is 2.22. The second kappa shape index (κ2) is 18.0. The number of allylic oxidation sites excluding steroid dienone is 5. The molecular formula is C35H43N2O3P. The van der Waals surface area contributed by atoms with Crippen molar-refractivity contribution >= 4 is 25.6 Å². The fourth-order valence-electron chi connectivity index (χ4n) is 4.32. The number of hydrogen-bond acceptors (Lipinski definition) is 5. The second-order valence-electron chi connectivity index (χ2n) is 9.50. The van der Waals surface area contributed by atoms with Crippen molar-refractivity contribution in [1.82, 2.24) is 0 Å². The lowest BCUT2D eigenvalue weighted by molar-refractivity contribution is 0.220. The Morgan fingerprint density at radius 1 is 0.829 bits per heavy atom. The van der Waals surface area contributed by atoms with Crippen LogP contribution in [-0.2, 0) is 26.7 Å². The van der Waals surface area contributed by atoms with Gasteiger partial charge in [0.1, 0.15) is 0 Å². The van der Waals surface area contributed by atoms with E-state index in [2.05, 4.69) is 113 Å². The van der Waals surface area contributed by atoms with Crippen LogP contribution in [0.15, 0.2) is 120 Å². The summed E-state index contributed by atoms with van der Waals surface area (Å²) in [5, 5.41) is 0. The molecule has 0 saturated heterocycles. The molecule has 3 aromatic rings. The Kier molecular flexibility index (Phi) is 14.1. The maximum Gasteiger partial charge on any atom is 0.330 e. The maximum absolute atomic E-state index is 12.6. The van der Waals surface area contributed by atoms with E-state index in [1.807, 2.05) is 32.9 Å². The zero-order valence-electron chi connectivity index (χ0n) is 24.6. The van der Waals surface area contributed by atoms with Crippen LogP contribution in [0.4, 0.5) is 5.69 Å². The third-order valence-electron chi connectivity index (χ3n) is 6.26. The number of hydrogen-bond donors (Lipinski definition) is 0. The lowest BCUT2D eigenvalue weighted by Gasteiger charge is -2.25. The molecule has 3 rings (SSSR count). The largest absolute Gasteiger partial charge is 0.363 e. The highest BCUT2D eigenvalue weighted by atomic mass is 31.2. The standard InChI is InChI=1S/C35H43N2O3P/c1-4-14-31(25-27-36-26-13-28-41(38,39-5-2)40-6-3)19-20-32-21-23-35(24-22-32)37(29-33-15-9-7-10-16-33)30-34-17-11-8-12-18-34/h4,7-12,14-25,27H,5-6,13,26,28-30H2,1-3H3/b14-4-,20-19?,31-25+,36-27?. The van der Waals surface area contributed by atoms with Crippen LogP contribution in [0.2, 0.25) is 0 Å². The smallest absolute Gasteiger partial charge is 0.330 e. The average molecular weight is 571 g/mol. The SMILES string of the molecule is C/C=C\C(C=Cc1ccc(N(Cc2ccccc2)Cc2ccccc2)cc1)=C/C=NCCCP(=O)(OCC)OCC. The van der Waals surface area contributed by atoms with Gasteiger partial charge < -0.3 is 13.9 Å². The summed E-state index contributed by atoms with van der Waals surface area (Å²) in [6, 6.07) is 29.9. The Balaban J connectivity index is 1.63. The van der Waals surface area contributed by atoms with Crippen molar-refractivity contribution in [1.29, 1.82) is 0 Å². The third-order valence-corrected chi connectivity index (χ3v) is 8.43. The zero-order chi connectivity index (χ0) is 29.2. The number of nitrogens with zero attached hydrogens (tertiary/aromatic N) is 2. The molecular weight excluding hydrogens is 527 g/mol. The number of rotatable bonds is 17. The molecule has 0 bridgehead atoms. The second-order valence-corrected chi connectivity index (χ2v) is 11.7. The Bertz CT molecular complexity index is 1270. The van der Waals surface area contributed by atoms with Gasteiger partial charge in [-0.2, -0.15) is 0 Å². The van der Waals surface area contributed by atoms with E-state index in [4.69, 9.17) is 9.05 Å². The van der Waals surface area contributed by atoms with Crippen LogP contribution in [0, 0.1) is 0 Å². The monoisotopic (exact) mass is 570 g/mol. The lowest BCUT2D eigenvalue weighted by atomic mass is 10.1. The molecule has 3 aromatic carbocycles. The van der Waals surface area contributed by atoms with Crippen molar-refractivity contribution in [3.05, 3.63) is 131 Å². The summed E-state index contributed by atoms with van der Waals surface area (Å²) in [5.41, 5.74) is 5.93. The molecule has 6 heteroatoms. The summed E-state index contributed by atoms with van der Waals surface area (Å²) < 4.78 is 23.2. The van der Waals surface area contributed by atoms with Gasteiger partial charge in [0.15, 0.2) is 0 Å². The highest BCUT2D eigenvalue weighted by Crippen LogP contribution is 2.48. The topological polar surface area (TPSA) is 51.1 Å². The minimum Gasteiger partial charge on any atom is -0.363 e. The summed E-state index contributed by atoms with van der Waals surface area (Å²) in [6.07, 6.45) is 13.1. The van der Waals surface area contributed by atoms with E-state index in [0.29, 0.717) is 32.3 Å². The highest BCUT2D eigenvalue weighted by molar-refractivity contribution is 7.53. The fraction of sp³-hybridized carbons (Fsp3) is 0.286. The zero-order valence-corrected chi connectivity index (χ0v) is 25.5. The van der Waals surface area contributed by atoms with Gasteiger partial charge in [-0.05, 0) is 67.7 Å². The van der Waals surface area contributed by atoms with Gasteiger partial charge in [0.25, 0.3) is 0 Å². The van der Waals surface area contributed by atoms with Gasteiger partial charge in [0.05, 0.1) is 19.4 Å². The van der Waals surface area contributed by atoms with Gasteiger partial charge in [-0.1, -0.05) is 97.1 Å². The average Bonchev–Trinajstić information content (AvgIpc) is 2.99. The molecule has 0 heterocycles. The predicted octanol–water partition coefficient (Wildman–Crippen LogP) is 9.14. The first-order valence-corrected chi connectivity index (χ1v) is 16.1. The molecule has 0 aliphatic heterocycles. The van der Waals surface area contributed by atoms with Crippen molar-refractivity contribution in [2.45, 2.75) is 40.3 Å². The normalized spacial score (nSPS) is 12.6. The summed E-state index contributed by atoms with van der Waals surface area (Å²) in [6.45, 7) is 8.66. The van der Waals surface area contributed by atoms with Gasteiger partial charge >= 0.3 is 7.60 Å². The first-order valence-electron chi connectivity index (χ1n) is 14.4. The molecule has 0 aromatic heterocycles. The summed E-state index contributed by atoms with van der Waals surface area (Å²) >= 11 is 0. The number of anilines is 1. The van der Waals surface area contributed by atoms with Gasteiger partial charge in [0.2, 0.25) is 0 Å². The van der Waals surface area contributed by atoms with Crippen molar-refractivity contribution in [2.24, 2.45) is 4.99 Å². The third kappa shape index (κ3) is 11.9. The molecule has 0 radical (unpaired) electrons. The summed E-state index contributed by atoms with van der Waals surface area (Å²) in [5.74, 6) is 0. The van der Waals surface area contributed by atoms with E-state index < -0.39 is 7.60 Å². The Hall–Kier alpha value is -3.50. The van der Waals surface area contributed by atoms with Crippen LogP contribution >= 0.6 is 7.60 Å². The molecule has 0 fully saturated rings. The Morgan fingerprint density at radius 2 is 1.41 bits per heavy atom. The molecule has 5 nitrogen and oxygen atoms in total. The van der Waals surface area contributed by atoms with E-state index in [9.17, 15) is 4.57 Å². The van der Waals surface area contributed by atoms with Crippen LogP contribution in [0.1, 0.15) is 43.9 Å². The molecule has 41 heavy (non-hydrogen) atoms. The van der Waals surface area contributed by atoms with Crippen LogP contribution in [0.25, 0.3) is 6.08 Å². The lowest BCUT2D eigenvalue weighted by Crippen LogP contribution is -2.22. The van der Waals surface area contributed by atoms with E-state index in [-0.39, 0.29) is 0 Å². The molecule has 0 spiro atoms. The van der Waals surface area contributed by atoms with Gasteiger partial charge in [-0.25, -0.2) is 0 Å². The molecule has 0 amide bonds. The Morgan fingerprint density at radius 3 is 1.95 bits per heavy atom. The van der Waals surface area contributed by atoms with Crippen LogP contribution < -0.4 is 4.90 Å².